The van der Waals surface area contributed by atoms with E-state index in [1.807, 2.05) is 0 Å². The summed E-state index contributed by atoms with van der Waals surface area (Å²) in [5, 5.41) is 2.42. The number of ether oxygens (including phenoxy) is 2. The lowest BCUT2D eigenvalue weighted by Crippen LogP contribution is -2.39. The molecule has 0 bridgehead atoms. The van der Waals surface area contributed by atoms with Gasteiger partial charge in [-0.3, -0.25) is 9.59 Å². The van der Waals surface area contributed by atoms with Crippen LogP contribution in [0, 0.1) is 0 Å². The first kappa shape index (κ1) is 19.4. The lowest BCUT2D eigenvalue weighted by Gasteiger charge is -2.24. The predicted octanol–water partition coefficient (Wildman–Crippen LogP) is 2.06. The molecule has 2 aliphatic rings. The molecule has 0 spiro atoms. The minimum Gasteiger partial charge on any atom is -0.497 e. The van der Waals surface area contributed by atoms with Crippen molar-refractivity contribution in [3.8, 4) is 11.5 Å². The molecular weight excluding hydrogens is 396 g/mol. The molecule has 152 valence electrons. The van der Waals surface area contributed by atoms with Crippen molar-refractivity contribution < 1.29 is 27.5 Å². The number of ketones is 1. The summed E-state index contributed by atoms with van der Waals surface area (Å²) in [4.78, 5) is 23.4. The standard InChI is InChI=1S/C20H20N2O6S/c1-27-14-4-6-15(7-5-14)28-12-13-3-2-10-22(13)29(25,26)16-8-9-18-17(11-16)19(23)20(24)21-18/h4-9,11,13H,2-3,10,12H2,1H3,(H,21,23,24). The van der Waals surface area contributed by atoms with Gasteiger partial charge in [0.05, 0.1) is 29.3 Å². The molecular formula is C20H20N2O6S. The number of hydrogen-bond donors (Lipinski definition) is 1. The van der Waals surface area contributed by atoms with Crippen LogP contribution in [0.25, 0.3) is 0 Å². The number of fused-ring (bicyclic) bond motifs is 1. The Morgan fingerprint density at radius 3 is 2.55 bits per heavy atom. The number of nitrogens with zero attached hydrogens (tertiary/aromatic N) is 1. The Morgan fingerprint density at radius 2 is 1.83 bits per heavy atom. The van der Waals surface area contributed by atoms with Gasteiger partial charge in [-0.15, -0.1) is 0 Å². The van der Waals surface area contributed by atoms with Crippen molar-refractivity contribution in [3.05, 3.63) is 48.0 Å². The fourth-order valence-electron chi connectivity index (χ4n) is 3.57. The molecule has 2 heterocycles. The summed E-state index contributed by atoms with van der Waals surface area (Å²) in [5.74, 6) is -0.135. The monoisotopic (exact) mass is 416 g/mol. The van der Waals surface area contributed by atoms with Crippen molar-refractivity contribution in [2.24, 2.45) is 0 Å². The van der Waals surface area contributed by atoms with Crippen LogP contribution in [-0.2, 0) is 14.8 Å². The molecule has 0 saturated carbocycles. The molecule has 9 heteroatoms. The Morgan fingerprint density at radius 1 is 1.10 bits per heavy atom. The number of nitrogens with one attached hydrogen (secondary N) is 1. The summed E-state index contributed by atoms with van der Waals surface area (Å²) < 4.78 is 38.6. The minimum absolute atomic E-state index is 0.00236. The molecule has 1 atom stereocenters. The van der Waals surface area contributed by atoms with Gasteiger partial charge in [0.15, 0.2) is 0 Å². The molecule has 8 nitrogen and oxygen atoms in total. The summed E-state index contributed by atoms with van der Waals surface area (Å²) >= 11 is 0. The number of amides is 1. The van der Waals surface area contributed by atoms with Gasteiger partial charge >= 0.3 is 0 Å². The zero-order chi connectivity index (χ0) is 20.6. The summed E-state index contributed by atoms with van der Waals surface area (Å²) in [6.07, 6.45) is 1.40. The van der Waals surface area contributed by atoms with Gasteiger partial charge in [0.1, 0.15) is 18.1 Å². The number of sulfonamides is 1. The number of rotatable bonds is 6. The zero-order valence-corrected chi connectivity index (χ0v) is 16.6. The second-order valence-electron chi connectivity index (χ2n) is 6.89. The Balaban J connectivity index is 1.51. The molecule has 0 aliphatic carbocycles. The highest BCUT2D eigenvalue weighted by Gasteiger charge is 2.37. The van der Waals surface area contributed by atoms with E-state index in [9.17, 15) is 18.0 Å². The highest BCUT2D eigenvalue weighted by molar-refractivity contribution is 7.89. The van der Waals surface area contributed by atoms with E-state index in [0.717, 1.165) is 6.42 Å². The van der Waals surface area contributed by atoms with Gasteiger partial charge in [0.2, 0.25) is 10.0 Å². The Labute approximate surface area is 168 Å². The molecule has 1 saturated heterocycles. The average Bonchev–Trinajstić information content (AvgIpc) is 3.32. The number of benzene rings is 2. The first-order chi connectivity index (χ1) is 13.9. The molecule has 1 fully saturated rings. The normalized spacial score (nSPS) is 19.1. The molecule has 2 aliphatic heterocycles. The second-order valence-corrected chi connectivity index (χ2v) is 8.78. The van der Waals surface area contributed by atoms with E-state index in [1.165, 1.54) is 22.5 Å². The smallest absolute Gasteiger partial charge is 0.296 e. The van der Waals surface area contributed by atoms with Crippen LogP contribution < -0.4 is 14.8 Å². The summed E-state index contributed by atoms with van der Waals surface area (Å²) in [6.45, 7) is 0.594. The van der Waals surface area contributed by atoms with Crippen molar-refractivity contribution in [1.82, 2.24) is 4.31 Å². The average molecular weight is 416 g/mol. The first-order valence-electron chi connectivity index (χ1n) is 9.18. The van der Waals surface area contributed by atoms with Gasteiger partial charge in [-0.05, 0) is 55.3 Å². The maximum atomic E-state index is 13.2. The Hall–Kier alpha value is -2.91. The van der Waals surface area contributed by atoms with Crippen LogP contribution in [0.5, 0.6) is 11.5 Å². The number of methoxy groups -OCH3 is 1. The highest BCUT2D eigenvalue weighted by Crippen LogP contribution is 2.31. The molecule has 4 rings (SSSR count). The third-order valence-electron chi connectivity index (χ3n) is 5.12. The zero-order valence-electron chi connectivity index (χ0n) is 15.8. The second kappa shape index (κ2) is 7.49. The highest BCUT2D eigenvalue weighted by atomic mass is 32.2. The maximum Gasteiger partial charge on any atom is 0.296 e. The van der Waals surface area contributed by atoms with Crippen LogP contribution in [0.1, 0.15) is 23.2 Å². The Kier molecular flexibility index (Phi) is 5.01. The molecule has 0 radical (unpaired) electrons. The molecule has 0 aromatic heterocycles. The minimum atomic E-state index is -3.82. The van der Waals surface area contributed by atoms with Crippen LogP contribution in [0.4, 0.5) is 5.69 Å². The van der Waals surface area contributed by atoms with E-state index in [1.54, 1.807) is 31.4 Å². The van der Waals surface area contributed by atoms with Crippen LogP contribution in [0.2, 0.25) is 0 Å². The largest absolute Gasteiger partial charge is 0.497 e. The van der Waals surface area contributed by atoms with E-state index in [0.29, 0.717) is 30.2 Å². The maximum absolute atomic E-state index is 13.2. The number of hydrogen-bond acceptors (Lipinski definition) is 6. The fraction of sp³-hybridized carbons (Fsp3) is 0.300. The van der Waals surface area contributed by atoms with Crippen molar-refractivity contribution in [3.63, 3.8) is 0 Å². The number of Topliss-reactive ketones (excluding diaryl/α,β-unsaturated/α-hetero) is 1. The van der Waals surface area contributed by atoms with E-state index >= 15 is 0 Å². The van der Waals surface area contributed by atoms with Crippen molar-refractivity contribution in [2.75, 3.05) is 25.6 Å². The van der Waals surface area contributed by atoms with Gasteiger partial charge in [0, 0.05) is 6.54 Å². The molecule has 1 unspecified atom stereocenters. The van der Waals surface area contributed by atoms with E-state index in [2.05, 4.69) is 5.32 Å². The molecule has 1 N–H and O–H groups in total. The third kappa shape index (κ3) is 3.58. The summed E-state index contributed by atoms with van der Waals surface area (Å²) in [5.41, 5.74) is 0.418. The fourth-order valence-corrected chi connectivity index (χ4v) is 5.28. The SMILES string of the molecule is COc1ccc(OCC2CCCN2S(=O)(=O)c2ccc3c(c2)C(=O)C(=O)N3)cc1. The van der Waals surface area contributed by atoms with Crippen LogP contribution in [0.15, 0.2) is 47.4 Å². The number of carbonyl (C=O) groups is 2. The van der Waals surface area contributed by atoms with Gasteiger partial charge in [-0.1, -0.05) is 0 Å². The van der Waals surface area contributed by atoms with Gasteiger partial charge < -0.3 is 14.8 Å². The van der Waals surface area contributed by atoms with Crippen molar-refractivity contribution in [1.29, 1.82) is 0 Å². The van der Waals surface area contributed by atoms with Crippen LogP contribution in [-0.4, -0.2) is 50.7 Å². The van der Waals surface area contributed by atoms with E-state index in [4.69, 9.17) is 9.47 Å². The lowest BCUT2D eigenvalue weighted by atomic mass is 10.1. The van der Waals surface area contributed by atoms with E-state index < -0.39 is 21.7 Å². The molecule has 2 aromatic rings. The van der Waals surface area contributed by atoms with Crippen LogP contribution >= 0.6 is 0 Å². The quantitative estimate of drug-likeness (QED) is 0.724. The number of anilines is 1. The summed E-state index contributed by atoms with van der Waals surface area (Å²) in [6, 6.07) is 10.9. The number of carbonyl (C=O) groups excluding carboxylic acids is 2. The van der Waals surface area contributed by atoms with E-state index in [-0.39, 0.29) is 23.1 Å². The molecule has 1 amide bonds. The summed E-state index contributed by atoms with van der Waals surface area (Å²) in [7, 11) is -2.24. The van der Waals surface area contributed by atoms with Gasteiger partial charge in [0.25, 0.3) is 11.7 Å². The lowest BCUT2D eigenvalue weighted by molar-refractivity contribution is -0.112. The predicted molar refractivity (Wildman–Crippen MR) is 105 cm³/mol. The first-order valence-corrected chi connectivity index (χ1v) is 10.6. The van der Waals surface area contributed by atoms with Crippen LogP contribution in [0.3, 0.4) is 0 Å². The van der Waals surface area contributed by atoms with Gasteiger partial charge in [-0.2, -0.15) is 4.31 Å². The Bertz CT molecular complexity index is 1060. The third-order valence-corrected chi connectivity index (χ3v) is 7.07. The van der Waals surface area contributed by atoms with Crippen molar-refractivity contribution in [2.45, 2.75) is 23.8 Å². The van der Waals surface area contributed by atoms with Gasteiger partial charge in [-0.25, -0.2) is 8.42 Å². The topological polar surface area (TPSA) is 102 Å². The van der Waals surface area contributed by atoms with Crippen molar-refractivity contribution >= 4 is 27.4 Å². The molecule has 2 aromatic carbocycles. The molecule has 29 heavy (non-hydrogen) atoms.